The summed E-state index contributed by atoms with van der Waals surface area (Å²) in [6, 6.07) is 0. The van der Waals surface area contributed by atoms with E-state index in [2.05, 4.69) is 32.8 Å². The number of unbranched alkanes of at least 4 members (excludes halogenated alkanes) is 7. The number of hydrogen-bond donors (Lipinski definition) is 0. The third-order valence-corrected chi connectivity index (χ3v) is 3.14. The summed E-state index contributed by atoms with van der Waals surface area (Å²) >= 11 is 0. The first kappa shape index (κ1) is 16.0. The van der Waals surface area contributed by atoms with Crippen molar-refractivity contribution in [1.82, 2.24) is 4.90 Å². The zero-order valence-corrected chi connectivity index (χ0v) is 12.1. The molecule has 0 N–H and O–H groups in total. The van der Waals surface area contributed by atoms with Gasteiger partial charge in [-0.25, -0.2) is 0 Å². The van der Waals surface area contributed by atoms with Gasteiger partial charge in [0.1, 0.15) is 0 Å². The highest BCUT2D eigenvalue weighted by atomic mass is 15.0. The minimum Gasteiger partial charge on any atom is -0.309 e. The van der Waals surface area contributed by atoms with Gasteiger partial charge < -0.3 is 4.90 Å². The minimum absolute atomic E-state index is 0.894. The van der Waals surface area contributed by atoms with E-state index >= 15 is 0 Å². The van der Waals surface area contributed by atoms with Crippen molar-refractivity contribution in [2.24, 2.45) is 5.92 Å². The van der Waals surface area contributed by atoms with Crippen LogP contribution in [0.15, 0.2) is 0 Å². The summed E-state index contributed by atoms with van der Waals surface area (Å²) in [6.07, 6.45) is 12.9. The van der Waals surface area contributed by atoms with Crippen molar-refractivity contribution in [1.29, 1.82) is 0 Å². The van der Waals surface area contributed by atoms with Crippen LogP contribution in [0, 0.1) is 5.92 Å². The molecule has 0 bridgehead atoms. The molecule has 0 aromatic carbocycles. The van der Waals surface area contributed by atoms with Gasteiger partial charge in [-0.15, -0.1) is 0 Å². The highest BCUT2D eigenvalue weighted by Crippen LogP contribution is 2.12. The van der Waals surface area contributed by atoms with Crippen LogP contribution in [-0.4, -0.2) is 25.5 Å². The fraction of sp³-hybridized carbons (Fsp3) is 1.00. The average Bonchev–Trinajstić information content (AvgIpc) is 2.20. The highest BCUT2D eigenvalue weighted by Gasteiger charge is 1.95. The van der Waals surface area contributed by atoms with Crippen LogP contribution < -0.4 is 0 Å². The van der Waals surface area contributed by atoms with Crippen molar-refractivity contribution in [3.05, 3.63) is 0 Å². The lowest BCUT2D eigenvalue weighted by molar-refractivity contribution is 0.389. The predicted octanol–water partition coefficient (Wildman–Crippen LogP) is 4.71. The Morgan fingerprint density at radius 1 is 0.688 bits per heavy atom. The van der Waals surface area contributed by atoms with E-state index in [1.165, 1.54) is 64.3 Å². The first-order valence-electron chi connectivity index (χ1n) is 7.27. The van der Waals surface area contributed by atoms with Gasteiger partial charge in [0, 0.05) is 0 Å². The van der Waals surface area contributed by atoms with E-state index in [-0.39, 0.29) is 0 Å². The van der Waals surface area contributed by atoms with Crippen LogP contribution in [0.25, 0.3) is 0 Å². The molecular formula is C15H33N. The van der Waals surface area contributed by atoms with Gasteiger partial charge in [-0.2, -0.15) is 0 Å². The van der Waals surface area contributed by atoms with Crippen molar-refractivity contribution >= 4 is 0 Å². The Morgan fingerprint density at radius 3 is 1.56 bits per heavy atom. The normalized spacial score (nSPS) is 11.6. The molecule has 0 unspecified atom stereocenters. The molecule has 0 aromatic heterocycles. The lowest BCUT2D eigenvalue weighted by Gasteiger charge is -2.08. The predicted molar refractivity (Wildman–Crippen MR) is 74.9 cm³/mol. The molecular weight excluding hydrogens is 194 g/mol. The molecule has 0 aliphatic rings. The van der Waals surface area contributed by atoms with Gasteiger partial charge in [0.25, 0.3) is 0 Å². The Kier molecular flexibility index (Phi) is 11.4. The van der Waals surface area contributed by atoms with E-state index in [1.807, 2.05) is 0 Å². The van der Waals surface area contributed by atoms with Crippen LogP contribution in [0.4, 0.5) is 0 Å². The van der Waals surface area contributed by atoms with Crippen LogP contribution in [-0.2, 0) is 0 Å². The van der Waals surface area contributed by atoms with Gasteiger partial charge in [0.05, 0.1) is 0 Å². The topological polar surface area (TPSA) is 3.24 Å². The first-order chi connectivity index (χ1) is 7.63. The van der Waals surface area contributed by atoms with E-state index in [1.54, 1.807) is 0 Å². The van der Waals surface area contributed by atoms with Gasteiger partial charge in [-0.05, 0) is 33.0 Å². The Balaban J connectivity index is 2.93. The summed E-state index contributed by atoms with van der Waals surface area (Å²) in [7, 11) is 4.32. The Hall–Kier alpha value is -0.0400. The molecule has 0 radical (unpaired) electrons. The van der Waals surface area contributed by atoms with Crippen molar-refractivity contribution in [3.63, 3.8) is 0 Å². The van der Waals surface area contributed by atoms with E-state index in [4.69, 9.17) is 0 Å². The summed E-state index contributed by atoms with van der Waals surface area (Å²) in [5.74, 6) is 0.894. The quantitative estimate of drug-likeness (QED) is 0.462. The molecule has 0 fully saturated rings. The zero-order valence-electron chi connectivity index (χ0n) is 12.1. The lowest BCUT2D eigenvalue weighted by Crippen LogP contribution is -2.12. The first-order valence-corrected chi connectivity index (χ1v) is 7.27. The maximum absolute atomic E-state index is 2.32. The summed E-state index contributed by atoms with van der Waals surface area (Å²) in [5.41, 5.74) is 0. The molecule has 0 aromatic rings. The maximum atomic E-state index is 2.32. The molecule has 1 heteroatoms. The van der Waals surface area contributed by atoms with Gasteiger partial charge >= 0.3 is 0 Å². The number of hydrogen-bond acceptors (Lipinski definition) is 1. The number of nitrogens with zero attached hydrogens (tertiary/aromatic N) is 1. The van der Waals surface area contributed by atoms with Crippen molar-refractivity contribution in [2.75, 3.05) is 20.6 Å². The second-order valence-electron chi connectivity index (χ2n) is 5.81. The van der Waals surface area contributed by atoms with Crippen LogP contribution in [0.1, 0.15) is 71.6 Å². The van der Waals surface area contributed by atoms with E-state index < -0.39 is 0 Å². The van der Waals surface area contributed by atoms with Crippen molar-refractivity contribution in [2.45, 2.75) is 71.6 Å². The SMILES string of the molecule is CC(C)CCCCCCCCCCN(C)C. The van der Waals surface area contributed by atoms with E-state index in [9.17, 15) is 0 Å². The van der Waals surface area contributed by atoms with Gasteiger partial charge in [0.2, 0.25) is 0 Å². The summed E-state index contributed by atoms with van der Waals surface area (Å²) in [6.45, 7) is 5.91. The smallest absolute Gasteiger partial charge is 0.00248 e. The Bertz CT molecular complexity index is 113. The monoisotopic (exact) mass is 227 g/mol. The van der Waals surface area contributed by atoms with E-state index in [0.29, 0.717) is 0 Å². The Morgan fingerprint density at radius 2 is 1.12 bits per heavy atom. The third-order valence-electron chi connectivity index (χ3n) is 3.14. The third kappa shape index (κ3) is 14.0. The Labute approximate surface area is 104 Å². The fourth-order valence-electron chi connectivity index (χ4n) is 2.04. The molecule has 0 amide bonds. The lowest BCUT2D eigenvalue weighted by atomic mass is 10.0. The molecule has 0 rings (SSSR count). The summed E-state index contributed by atoms with van der Waals surface area (Å²) < 4.78 is 0. The molecule has 1 nitrogen and oxygen atoms in total. The molecule has 0 heterocycles. The van der Waals surface area contributed by atoms with Crippen LogP contribution >= 0.6 is 0 Å². The minimum atomic E-state index is 0.894. The second kappa shape index (κ2) is 11.4. The molecule has 16 heavy (non-hydrogen) atoms. The van der Waals surface area contributed by atoms with Gasteiger partial charge in [-0.3, -0.25) is 0 Å². The zero-order chi connectivity index (χ0) is 12.2. The van der Waals surface area contributed by atoms with Crippen molar-refractivity contribution < 1.29 is 0 Å². The summed E-state index contributed by atoms with van der Waals surface area (Å²) in [4.78, 5) is 2.28. The van der Waals surface area contributed by atoms with Crippen LogP contribution in [0.2, 0.25) is 0 Å². The second-order valence-corrected chi connectivity index (χ2v) is 5.81. The molecule has 0 aliphatic carbocycles. The maximum Gasteiger partial charge on any atom is -0.00248 e. The molecule has 0 atom stereocenters. The highest BCUT2D eigenvalue weighted by molar-refractivity contribution is 4.50. The fourth-order valence-corrected chi connectivity index (χ4v) is 2.04. The number of rotatable bonds is 11. The summed E-state index contributed by atoms with van der Waals surface area (Å²) in [5, 5.41) is 0. The largest absolute Gasteiger partial charge is 0.309 e. The molecule has 0 saturated carbocycles. The molecule has 0 spiro atoms. The average molecular weight is 227 g/mol. The molecule has 0 aliphatic heterocycles. The van der Waals surface area contributed by atoms with Crippen molar-refractivity contribution in [3.8, 4) is 0 Å². The van der Waals surface area contributed by atoms with Gasteiger partial charge in [0.15, 0.2) is 0 Å². The molecule has 0 saturated heterocycles. The molecule has 98 valence electrons. The van der Waals surface area contributed by atoms with Crippen LogP contribution in [0.3, 0.4) is 0 Å². The van der Waals surface area contributed by atoms with Crippen LogP contribution in [0.5, 0.6) is 0 Å². The standard InChI is InChI=1S/C15H33N/c1-15(2)13-11-9-7-5-6-8-10-12-14-16(3)4/h15H,5-14H2,1-4H3. The van der Waals surface area contributed by atoms with E-state index in [0.717, 1.165) is 5.92 Å². The van der Waals surface area contributed by atoms with Gasteiger partial charge in [-0.1, -0.05) is 65.2 Å².